The standard InChI is InChI=1S/C24H19ClN4O3S/c25-19-9-11-21(12-10-19)29-23(17-28(33(29,30)31)20-6-2-1-3-7-20)18-5-4-8-22(15-18)32-24-16-26-13-14-27-24/h1-16,23H,17H2/t23-/m1/s1. The van der Waals surface area contributed by atoms with Gasteiger partial charge in [-0.05, 0) is 54.1 Å². The first-order valence-electron chi connectivity index (χ1n) is 10.2. The summed E-state index contributed by atoms with van der Waals surface area (Å²) in [6.45, 7) is 0.240. The molecular formula is C24H19ClN4O3S. The molecule has 1 aromatic heterocycles. The van der Waals surface area contributed by atoms with Gasteiger partial charge >= 0.3 is 10.2 Å². The van der Waals surface area contributed by atoms with Crippen LogP contribution >= 0.6 is 11.6 Å². The normalized spacial score (nSPS) is 17.2. The lowest BCUT2D eigenvalue weighted by Gasteiger charge is -2.25. The Bertz CT molecular complexity index is 1350. The summed E-state index contributed by atoms with van der Waals surface area (Å²) in [5, 5.41) is 0.533. The van der Waals surface area contributed by atoms with Crippen LogP contribution in [0.2, 0.25) is 5.02 Å². The fourth-order valence-corrected chi connectivity index (χ4v) is 5.77. The van der Waals surface area contributed by atoms with Crippen molar-refractivity contribution in [2.24, 2.45) is 0 Å². The molecule has 0 radical (unpaired) electrons. The highest BCUT2D eigenvalue weighted by molar-refractivity contribution is 7.94. The van der Waals surface area contributed by atoms with Gasteiger partial charge in [-0.2, -0.15) is 8.42 Å². The van der Waals surface area contributed by atoms with E-state index in [-0.39, 0.29) is 6.54 Å². The second-order valence-corrected chi connectivity index (χ2v) is 9.55. The van der Waals surface area contributed by atoms with E-state index in [2.05, 4.69) is 9.97 Å². The van der Waals surface area contributed by atoms with Crippen molar-refractivity contribution in [1.82, 2.24) is 9.97 Å². The predicted octanol–water partition coefficient (Wildman–Crippen LogP) is 5.24. The van der Waals surface area contributed by atoms with Crippen LogP contribution in [0.4, 0.5) is 11.4 Å². The van der Waals surface area contributed by atoms with Crippen molar-refractivity contribution in [1.29, 1.82) is 0 Å². The van der Waals surface area contributed by atoms with Gasteiger partial charge in [0.15, 0.2) is 0 Å². The zero-order valence-electron chi connectivity index (χ0n) is 17.3. The fourth-order valence-electron chi connectivity index (χ4n) is 3.81. The summed E-state index contributed by atoms with van der Waals surface area (Å²) < 4.78 is 36.1. The lowest BCUT2D eigenvalue weighted by Crippen LogP contribution is -2.33. The Morgan fingerprint density at radius 3 is 2.42 bits per heavy atom. The minimum atomic E-state index is -3.86. The number of hydrogen-bond donors (Lipinski definition) is 0. The molecular weight excluding hydrogens is 460 g/mol. The topological polar surface area (TPSA) is 75.6 Å². The molecule has 5 rings (SSSR count). The summed E-state index contributed by atoms with van der Waals surface area (Å²) in [5.41, 5.74) is 1.92. The third kappa shape index (κ3) is 4.22. The Labute approximate surface area is 197 Å². The molecule has 0 spiro atoms. The average Bonchev–Trinajstić information content (AvgIpc) is 3.12. The molecule has 0 amide bonds. The van der Waals surface area contributed by atoms with Crippen molar-refractivity contribution < 1.29 is 13.2 Å². The van der Waals surface area contributed by atoms with Crippen molar-refractivity contribution in [2.45, 2.75) is 6.04 Å². The molecule has 0 N–H and O–H groups in total. The van der Waals surface area contributed by atoms with Gasteiger partial charge in [-0.3, -0.25) is 9.29 Å². The van der Waals surface area contributed by atoms with Gasteiger partial charge in [0, 0.05) is 17.4 Å². The Morgan fingerprint density at radius 2 is 1.70 bits per heavy atom. The monoisotopic (exact) mass is 478 g/mol. The van der Waals surface area contributed by atoms with E-state index < -0.39 is 16.3 Å². The number of nitrogens with zero attached hydrogens (tertiary/aromatic N) is 4. The molecule has 0 bridgehead atoms. The highest BCUT2D eigenvalue weighted by atomic mass is 35.5. The van der Waals surface area contributed by atoms with Gasteiger partial charge in [-0.1, -0.05) is 41.9 Å². The third-order valence-corrected chi connectivity index (χ3v) is 7.41. The Hall–Kier alpha value is -3.62. The summed E-state index contributed by atoms with van der Waals surface area (Å²) in [6, 6.07) is 22.7. The van der Waals surface area contributed by atoms with Gasteiger partial charge in [0.05, 0.1) is 30.2 Å². The molecule has 1 aliphatic heterocycles. The number of aromatic nitrogens is 2. The number of rotatable bonds is 5. The van der Waals surface area contributed by atoms with E-state index >= 15 is 0 Å². The lowest BCUT2D eigenvalue weighted by atomic mass is 10.1. The first kappa shape index (κ1) is 21.2. The van der Waals surface area contributed by atoms with Gasteiger partial charge in [0.1, 0.15) is 5.75 Å². The largest absolute Gasteiger partial charge is 0.437 e. The number of ether oxygens (including phenoxy) is 1. The van der Waals surface area contributed by atoms with E-state index in [0.717, 1.165) is 5.56 Å². The van der Waals surface area contributed by atoms with Gasteiger partial charge in [0.2, 0.25) is 5.88 Å². The van der Waals surface area contributed by atoms with Crippen LogP contribution in [0, 0.1) is 0 Å². The van der Waals surface area contributed by atoms with Crippen molar-refractivity contribution in [3.05, 3.63) is 108 Å². The molecule has 4 aromatic rings. The number of benzene rings is 3. The van der Waals surface area contributed by atoms with Crippen molar-refractivity contribution in [3.8, 4) is 11.6 Å². The van der Waals surface area contributed by atoms with E-state index in [1.54, 1.807) is 54.9 Å². The van der Waals surface area contributed by atoms with E-state index in [0.29, 0.717) is 28.0 Å². The maximum Gasteiger partial charge on any atom is 0.327 e. The molecule has 1 saturated heterocycles. The highest BCUT2D eigenvalue weighted by Crippen LogP contribution is 2.41. The predicted molar refractivity (Wildman–Crippen MR) is 128 cm³/mol. The smallest absolute Gasteiger partial charge is 0.327 e. The zero-order chi connectivity index (χ0) is 22.8. The van der Waals surface area contributed by atoms with Crippen LogP contribution in [0.5, 0.6) is 11.6 Å². The van der Waals surface area contributed by atoms with Crippen molar-refractivity contribution in [3.63, 3.8) is 0 Å². The lowest BCUT2D eigenvalue weighted by molar-refractivity contribution is 0.459. The summed E-state index contributed by atoms with van der Waals surface area (Å²) in [7, 11) is -3.86. The summed E-state index contributed by atoms with van der Waals surface area (Å²) >= 11 is 6.06. The molecule has 0 aliphatic carbocycles. The molecule has 3 aromatic carbocycles. The second kappa shape index (κ2) is 8.73. The zero-order valence-corrected chi connectivity index (χ0v) is 18.9. The maximum atomic E-state index is 13.7. The van der Waals surface area contributed by atoms with Crippen LogP contribution in [0.3, 0.4) is 0 Å². The van der Waals surface area contributed by atoms with Crippen LogP contribution in [0.15, 0.2) is 97.5 Å². The third-order valence-electron chi connectivity index (χ3n) is 5.28. The summed E-state index contributed by atoms with van der Waals surface area (Å²) in [4.78, 5) is 8.14. The van der Waals surface area contributed by atoms with Crippen LogP contribution in [0.1, 0.15) is 11.6 Å². The SMILES string of the molecule is O=S1(=O)N(c2ccccc2)C[C@H](c2cccc(Oc3cnccn3)c2)N1c1ccc(Cl)cc1. The van der Waals surface area contributed by atoms with Crippen LogP contribution in [0.25, 0.3) is 0 Å². The van der Waals surface area contributed by atoms with Gasteiger partial charge in [0.25, 0.3) is 0 Å². The first-order chi connectivity index (χ1) is 16.0. The van der Waals surface area contributed by atoms with Gasteiger partial charge < -0.3 is 4.74 Å². The Balaban J connectivity index is 1.57. The average molecular weight is 479 g/mol. The second-order valence-electron chi connectivity index (χ2n) is 7.38. The Kier molecular flexibility index (Phi) is 5.62. The minimum Gasteiger partial charge on any atom is -0.437 e. The van der Waals surface area contributed by atoms with Crippen LogP contribution in [-0.4, -0.2) is 24.9 Å². The molecule has 1 aliphatic rings. The van der Waals surface area contributed by atoms with Crippen molar-refractivity contribution in [2.75, 3.05) is 15.2 Å². The van der Waals surface area contributed by atoms with Crippen molar-refractivity contribution >= 4 is 33.2 Å². The summed E-state index contributed by atoms with van der Waals surface area (Å²) in [6.07, 6.45) is 4.63. The Morgan fingerprint density at radius 1 is 0.909 bits per heavy atom. The molecule has 166 valence electrons. The number of hydrogen-bond acceptors (Lipinski definition) is 5. The molecule has 1 atom stereocenters. The van der Waals surface area contributed by atoms with E-state index in [1.807, 2.05) is 36.4 Å². The van der Waals surface area contributed by atoms with E-state index in [1.165, 1.54) is 14.8 Å². The molecule has 0 unspecified atom stereocenters. The summed E-state index contributed by atoms with van der Waals surface area (Å²) in [5.74, 6) is 0.897. The van der Waals surface area contributed by atoms with Gasteiger partial charge in [-0.15, -0.1) is 0 Å². The maximum absolute atomic E-state index is 13.7. The highest BCUT2D eigenvalue weighted by Gasteiger charge is 2.45. The number of halogens is 1. The van der Waals surface area contributed by atoms with E-state index in [9.17, 15) is 8.42 Å². The molecule has 33 heavy (non-hydrogen) atoms. The molecule has 1 fully saturated rings. The van der Waals surface area contributed by atoms with Crippen LogP contribution < -0.4 is 13.3 Å². The fraction of sp³-hybridized carbons (Fsp3) is 0.0833. The van der Waals surface area contributed by atoms with Crippen LogP contribution in [-0.2, 0) is 10.2 Å². The molecule has 0 saturated carbocycles. The number of anilines is 2. The van der Waals surface area contributed by atoms with Gasteiger partial charge in [-0.25, -0.2) is 9.29 Å². The van der Waals surface area contributed by atoms with E-state index in [4.69, 9.17) is 16.3 Å². The molecule has 7 nitrogen and oxygen atoms in total. The first-order valence-corrected chi connectivity index (χ1v) is 12.0. The quantitative estimate of drug-likeness (QED) is 0.392. The molecule has 2 heterocycles. The number of para-hydroxylation sites is 1. The molecule has 9 heteroatoms. The minimum absolute atomic E-state index is 0.240.